The van der Waals surface area contributed by atoms with Crippen LogP contribution in [0.1, 0.15) is 46.0 Å². The smallest absolute Gasteiger partial charge is 0.271 e. The second-order valence-electron chi connectivity index (χ2n) is 4.82. The van der Waals surface area contributed by atoms with Gasteiger partial charge in [-0.2, -0.15) is 0 Å². The molecule has 0 aromatic heterocycles. The largest absolute Gasteiger partial charge is 0.381 e. The van der Waals surface area contributed by atoms with E-state index in [4.69, 9.17) is 11.6 Å². The molecule has 19 heavy (non-hydrogen) atoms. The van der Waals surface area contributed by atoms with Crippen LogP contribution in [-0.2, 0) is 0 Å². The summed E-state index contributed by atoms with van der Waals surface area (Å²) >= 11 is 6.03. The van der Waals surface area contributed by atoms with Crippen LogP contribution in [0.25, 0.3) is 0 Å². The average Bonchev–Trinajstić information content (AvgIpc) is 2.37. The molecule has 1 aromatic rings. The van der Waals surface area contributed by atoms with E-state index in [-0.39, 0.29) is 5.69 Å². The first-order valence-electron chi connectivity index (χ1n) is 6.75. The van der Waals surface area contributed by atoms with E-state index in [1.54, 1.807) is 6.07 Å². The predicted octanol–water partition coefficient (Wildman–Crippen LogP) is 5.02. The van der Waals surface area contributed by atoms with Crippen LogP contribution in [0.3, 0.4) is 0 Å². The van der Waals surface area contributed by atoms with Gasteiger partial charge in [0.15, 0.2) is 0 Å². The summed E-state index contributed by atoms with van der Waals surface area (Å²) in [5, 5.41) is 14.3. The molecule has 0 aliphatic heterocycles. The minimum absolute atomic E-state index is 0.0196. The second kappa shape index (κ2) is 8.00. The van der Waals surface area contributed by atoms with Gasteiger partial charge in [-0.05, 0) is 19.4 Å². The molecule has 5 heteroatoms. The number of nitrogens with one attached hydrogen (secondary N) is 1. The minimum Gasteiger partial charge on any atom is -0.381 e. The third-order valence-electron chi connectivity index (χ3n) is 3.06. The fourth-order valence-corrected chi connectivity index (χ4v) is 2.18. The van der Waals surface area contributed by atoms with Crippen molar-refractivity contribution in [3.8, 4) is 0 Å². The number of rotatable bonds is 8. The number of non-ortho nitro benzene ring substituents is 1. The van der Waals surface area contributed by atoms with Crippen molar-refractivity contribution >= 4 is 23.0 Å². The van der Waals surface area contributed by atoms with Crippen molar-refractivity contribution in [2.45, 2.75) is 52.0 Å². The molecule has 0 bridgehead atoms. The van der Waals surface area contributed by atoms with E-state index in [9.17, 15) is 10.1 Å². The van der Waals surface area contributed by atoms with Gasteiger partial charge in [-0.15, -0.1) is 0 Å². The Labute approximate surface area is 119 Å². The molecular formula is C14H21ClN2O2. The first kappa shape index (κ1) is 15.8. The number of hydrogen-bond donors (Lipinski definition) is 1. The van der Waals surface area contributed by atoms with Gasteiger partial charge >= 0.3 is 0 Å². The Hall–Kier alpha value is -1.29. The summed E-state index contributed by atoms with van der Waals surface area (Å²) in [6, 6.07) is 4.84. The highest BCUT2D eigenvalue weighted by Crippen LogP contribution is 2.27. The number of nitrogens with zero attached hydrogens (tertiary/aromatic N) is 1. The zero-order chi connectivity index (χ0) is 14.3. The van der Waals surface area contributed by atoms with Crippen LogP contribution < -0.4 is 5.32 Å². The summed E-state index contributed by atoms with van der Waals surface area (Å²) in [5.74, 6) is 0. The Morgan fingerprint density at radius 2 is 2.11 bits per heavy atom. The van der Waals surface area contributed by atoms with E-state index in [1.165, 1.54) is 37.8 Å². The Balaban J connectivity index is 2.50. The van der Waals surface area contributed by atoms with E-state index in [0.29, 0.717) is 11.1 Å². The Bertz CT molecular complexity index is 424. The summed E-state index contributed by atoms with van der Waals surface area (Å²) in [6.07, 6.45) is 6.01. The summed E-state index contributed by atoms with van der Waals surface area (Å²) in [6.45, 7) is 4.29. The Morgan fingerprint density at radius 3 is 2.68 bits per heavy atom. The van der Waals surface area contributed by atoms with Gasteiger partial charge in [-0.3, -0.25) is 10.1 Å². The third kappa shape index (κ3) is 5.47. The van der Waals surface area contributed by atoms with Gasteiger partial charge in [0.1, 0.15) is 0 Å². The molecule has 1 atom stereocenters. The molecule has 0 amide bonds. The standard InChI is InChI=1S/C14H21ClN2O2/c1-3-4-5-6-7-11(2)16-14-9-8-12(17(18)19)10-13(14)15/h8-11,16H,3-7H2,1-2H3. The average molecular weight is 285 g/mol. The fourth-order valence-electron chi connectivity index (χ4n) is 1.95. The highest BCUT2D eigenvalue weighted by Gasteiger charge is 2.10. The lowest BCUT2D eigenvalue weighted by molar-refractivity contribution is -0.384. The quantitative estimate of drug-likeness (QED) is 0.414. The Morgan fingerprint density at radius 1 is 1.37 bits per heavy atom. The SMILES string of the molecule is CCCCCCC(C)Nc1ccc([N+](=O)[O-])cc1Cl. The highest BCUT2D eigenvalue weighted by atomic mass is 35.5. The van der Waals surface area contributed by atoms with Crippen LogP contribution in [0, 0.1) is 10.1 Å². The highest BCUT2D eigenvalue weighted by molar-refractivity contribution is 6.33. The van der Waals surface area contributed by atoms with Crippen molar-refractivity contribution in [3.05, 3.63) is 33.3 Å². The zero-order valence-corrected chi connectivity index (χ0v) is 12.2. The third-order valence-corrected chi connectivity index (χ3v) is 3.37. The van der Waals surface area contributed by atoms with Gasteiger partial charge in [0.05, 0.1) is 15.6 Å². The van der Waals surface area contributed by atoms with Crippen LogP contribution in [0.2, 0.25) is 5.02 Å². The van der Waals surface area contributed by atoms with Crippen molar-refractivity contribution in [2.75, 3.05) is 5.32 Å². The molecule has 0 spiro atoms. The summed E-state index contributed by atoms with van der Waals surface area (Å²) in [7, 11) is 0. The molecule has 0 aliphatic carbocycles. The van der Waals surface area contributed by atoms with Crippen LogP contribution in [-0.4, -0.2) is 11.0 Å². The van der Waals surface area contributed by atoms with E-state index < -0.39 is 4.92 Å². The van der Waals surface area contributed by atoms with Gasteiger partial charge in [-0.1, -0.05) is 44.2 Å². The van der Waals surface area contributed by atoms with Gasteiger partial charge in [0, 0.05) is 18.2 Å². The maximum atomic E-state index is 10.6. The maximum absolute atomic E-state index is 10.6. The summed E-state index contributed by atoms with van der Waals surface area (Å²) in [4.78, 5) is 10.2. The number of hydrogen-bond acceptors (Lipinski definition) is 3. The van der Waals surface area contributed by atoms with E-state index in [1.807, 2.05) is 0 Å². The molecule has 0 aliphatic rings. The normalized spacial score (nSPS) is 12.2. The molecule has 1 N–H and O–H groups in total. The fraction of sp³-hybridized carbons (Fsp3) is 0.571. The second-order valence-corrected chi connectivity index (χ2v) is 5.22. The number of halogens is 1. The summed E-state index contributed by atoms with van der Waals surface area (Å²) < 4.78 is 0. The topological polar surface area (TPSA) is 55.2 Å². The number of nitro groups is 1. The van der Waals surface area contributed by atoms with Crippen LogP contribution >= 0.6 is 11.6 Å². The molecule has 0 saturated heterocycles. The zero-order valence-electron chi connectivity index (χ0n) is 11.5. The lowest BCUT2D eigenvalue weighted by Gasteiger charge is -2.16. The number of benzene rings is 1. The van der Waals surface area contributed by atoms with Gasteiger partial charge < -0.3 is 5.32 Å². The number of unbranched alkanes of at least 4 members (excludes halogenated alkanes) is 3. The van der Waals surface area contributed by atoms with Crippen LogP contribution in [0.15, 0.2) is 18.2 Å². The maximum Gasteiger partial charge on any atom is 0.271 e. The first-order valence-corrected chi connectivity index (χ1v) is 7.13. The van der Waals surface area contributed by atoms with Crippen molar-refractivity contribution in [1.29, 1.82) is 0 Å². The molecule has 0 radical (unpaired) electrons. The minimum atomic E-state index is -0.441. The predicted molar refractivity (Wildman–Crippen MR) is 80.0 cm³/mol. The molecule has 0 saturated carbocycles. The van der Waals surface area contributed by atoms with Crippen molar-refractivity contribution in [3.63, 3.8) is 0 Å². The first-order chi connectivity index (χ1) is 9.04. The molecule has 1 rings (SSSR count). The van der Waals surface area contributed by atoms with Crippen LogP contribution in [0.4, 0.5) is 11.4 Å². The molecular weight excluding hydrogens is 264 g/mol. The van der Waals surface area contributed by atoms with E-state index >= 15 is 0 Å². The summed E-state index contributed by atoms with van der Waals surface area (Å²) in [5.41, 5.74) is 0.779. The van der Waals surface area contributed by atoms with Crippen LogP contribution in [0.5, 0.6) is 0 Å². The molecule has 4 nitrogen and oxygen atoms in total. The van der Waals surface area contributed by atoms with E-state index in [2.05, 4.69) is 19.2 Å². The molecule has 106 valence electrons. The molecule has 1 unspecified atom stereocenters. The Kier molecular flexibility index (Phi) is 6.64. The van der Waals surface area contributed by atoms with Crippen molar-refractivity contribution in [1.82, 2.24) is 0 Å². The van der Waals surface area contributed by atoms with Gasteiger partial charge in [0.25, 0.3) is 5.69 Å². The number of anilines is 1. The number of nitro benzene ring substituents is 1. The lowest BCUT2D eigenvalue weighted by Crippen LogP contribution is -2.15. The molecule has 0 heterocycles. The molecule has 0 fully saturated rings. The lowest BCUT2D eigenvalue weighted by atomic mass is 10.1. The van der Waals surface area contributed by atoms with Gasteiger partial charge in [-0.25, -0.2) is 0 Å². The van der Waals surface area contributed by atoms with E-state index in [0.717, 1.165) is 12.1 Å². The van der Waals surface area contributed by atoms with Crippen molar-refractivity contribution < 1.29 is 4.92 Å². The van der Waals surface area contributed by atoms with Gasteiger partial charge in [0.2, 0.25) is 0 Å². The molecule has 1 aromatic carbocycles. The van der Waals surface area contributed by atoms with Crippen molar-refractivity contribution in [2.24, 2.45) is 0 Å². The monoisotopic (exact) mass is 284 g/mol.